The Morgan fingerprint density at radius 2 is 1.86 bits per heavy atom. The molecule has 0 bridgehead atoms. The molecule has 1 aromatic carbocycles. The molecule has 2 N–H and O–H groups in total. The number of carbonyl (C=O) groups is 1. The van der Waals surface area contributed by atoms with E-state index in [-0.39, 0.29) is 16.8 Å². The molecule has 6 nitrogen and oxygen atoms in total. The van der Waals surface area contributed by atoms with Crippen LogP contribution in [0.25, 0.3) is 0 Å². The highest BCUT2D eigenvalue weighted by molar-refractivity contribution is 7.89. The standard InChI is InChI=1S/C15H21N3O3S/c19-15(18-10-1-8-16-9-11-18)12-2-6-14(7-3-12)22(20,21)17-13-4-5-13/h2-3,6-7,13,16-17H,1,4-5,8-11H2. The van der Waals surface area contributed by atoms with E-state index in [1.165, 1.54) is 12.1 Å². The Hall–Kier alpha value is -1.44. The van der Waals surface area contributed by atoms with Crippen LogP contribution in [0.1, 0.15) is 29.6 Å². The third-order valence-electron chi connectivity index (χ3n) is 3.94. The predicted molar refractivity (Wildman–Crippen MR) is 83.2 cm³/mol. The summed E-state index contributed by atoms with van der Waals surface area (Å²) in [5.74, 6) is -0.0391. The summed E-state index contributed by atoms with van der Waals surface area (Å²) in [6.07, 6.45) is 2.74. The van der Waals surface area contributed by atoms with Gasteiger partial charge in [-0.25, -0.2) is 13.1 Å². The van der Waals surface area contributed by atoms with Crippen LogP contribution in [0.4, 0.5) is 0 Å². The minimum atomic E-state index is -3.46. The highest BCUT2D eigenvalue weighted by Crippen LogP contribution is 2.22. The summed E-state index contributed by atoms with van der Waals surface area (Å²) in [5.41, 5.74) is 0.535. The van der Waals surface area contributed by atoms with Crippen molar-refractivity contribution in [2.75, 3.05) is 26.2 Å². The van der Waals surface area contributed by atoms with E-state index in [2.05, 4.69) is 10.0 Å². The summed E-state index contributed by atoms with van der Waals surface area (Å²) in [6.45, 7) is 3.13. The number of hydrogen-bond acceptors (Lipinski definition) is 4. The van der Waals surface area contributed by atoms with Gasteiger partial charge in [0.05, 0.1) is 4.90 Å². The first-order valence-electron chi connectivity index (χ1n) is 7.69. The summed E-state index contributed by atoms with van der Waals surface area (Å²) in [6, 6.07) is 6.29. The van der Waals surface area contributed by atoms with Crippen LogP contribution in [-0.2, 0) is 10.0 Å². The number of amides is 1. The molecule has 3 rings (SSSR count). The SMILES string of the molecule is O=C(c1ccc(S(=O)(=O)NC2CC2)cc1)N1CCCNCC1. The van der Waals surface area contributed by atoms with Crippen LogP contribution in [0, 0.1) is 0 Å². The second-order valence-electron chi connectivity index (χ2n) is 5.82. The van der Waals surface area contributed by atoms with E-state index >= 15 is 0 Å². The van der Waals surface area contributed by atoms with Gasteiger partial charge in [0.15, 0.2) is 0 Å². The normalized spacial score (nSPS) is 19.7. The third kappa shape index (κ3) is 3.66. The Bertz CT molecular complexity index is 631. The van der Waals surface area contributed by atoms with E-state index < -0.39 is 10.0 Å². The lowest BCUT2D eigenvalue weighted by atomic mass is 10.2. The fourth-order valence-corrected chi connectivity index (χ4v) is 3.80. The monoisotopic (exact) mass is 323 g/mol. The summed E-state index contributed by atoms with van der Waals surface area (Å²) >= 11 is 0. The number of carbonyl (C=O) groups excluding carboxylic acids is 1. The number of nitrogens with zero attached hydrogens (tertiary/aromatic N) is 1. The smallest absolute Gasteiger partial charge is 0.253 e. The van der Waals surface area contributed by atoms with E-state index in [1.54, 1.807) is 12.1 Å². The Morgan fingerprint density at radius 3 is 2.55 bits per heavy atom. The van der Waals surface area contributed by atoms with Crippen LogP contribution in [0.3, 0.4) is 0 Å². The molecule has 22 heavy (non-hydrogen) atoms. The van der Waals surface area contributed by atoms with Gasteiger partial charge in [-0.1, -0.05) is 0 Å². The molecular weight excluding hydrogens is 302 g/mol. The average Bonchev–Trinajstić information content (AvgIpc) is 3.33. The molecular formula is C15H21N3O3S. The molecule has 0 unspecified atom stereocenters. The van der Waals surface area contributed by atoms with Gasteiger partial charge in [-0.3, -0.25) is 4.79 Å². The van der Waals surface area contributed by atoms with Crippen LogP contribution in [0.2, 0.25) is 0 Å². The number of nitrogens with one attached hydrogen (secondary N) is 2. The van der Waals surface area contributed by atoms with E-state index in [4.69, 9.17) is 0 Å². The van der Waals surface area contributed by atoms with Crippen LogP contribution < -0.4 is 10.0 Å². The van der Waals surface area contributed by atoms with Crippen LogP contribution in [-0.4, -0.2) is 51.4 Å². The van der Waals surface area contributed by atoms with Crippen LogP contribution in [0.15, 0.2) is 29.2 Å². The maximum absolute atomic E-state index is 12.4. The minimum Gasteiger partial charge on any atom is -0.337 e. The van der Waals surface area contributed by atoms with E-state index in [9.17, 15) is 13.2 Å². The first kappa shape index (κ1) is 15.5. The molecule has 1 aliphatic carbocycles. The van der Waals surface area contributed by atoms with Crippen molar-refractivity contribution >= 4 is 15.9 Å². The molecule has 1 saturated heterocycles. The molecule has 2 aliphatic rings. The topological polar surface area (TPSA) is 78.5 Å². The summed E-state index contributed by atoms with van der Waals surface area (Å²) in [5, 5.41) is 3.26. The van der Waals surface area contributed by atoms with E-state index in [0.29, 0.717) is 12.1 Å². The minimum absolute atomic E-state index is 0.0391. The predicted octanol–water partition coefficient (Wildman–Crippen LogP) is 0.563. The van der Waals surface area contributed by atoms with Gasteiger partial charge in [0.1, 0.15) is 0 Å². The van der Waals surface area contributed by atoms with Gasteiger partial charge in [0, 0.05) is 31.2 Å². The summed E-state index contributed by atoms with van der Waals surface area (Å²) < 4.78 is 26.8. The van der Waals surface area contributed by atoms with Gasteiger partial charge in [-0.05, 0) is 50.1 Å². The van der Waals surface area contributed by atoms with Crippen molar-refractivity contribution < 1.29 is 13.2 Å². The zero-order valence-electron chi connectivity index (χ0n) is 12.4. The lowest BCUT2D eigenvalue weighted by Gasteiger charge is -2.20. The molecule has 120 valence electrons. The lowest BCUT2D eigenvalue weighted by Crippen LogP contribution is -2.34. The zero-order chi connectivity index (χ0) is 15.6. The average molecular weight is 323 g/mol. The molecule has 7 heteroatoms. The van der Waals surface area contributed by atoms with Crippen molar-refractivity contribution in [2.24, 2.45) is 0 Å². The number of hydrogen-bond donors (Lipinski definition) is 2. The Labute approximate surface area is 130 Å². The van der Waals surface area contributed by atoms with Crippen LogP contribution in [0.5, 0.6) is 0 Å². The molecule has 1 aromatic rings. The van der Waals surface area contributed by atoms with Crippen molar-refractivity contribution in [3.05, 3.63) is 29.8 Å². The van der Waals surface area contributed by atoms with Crippen molar-refractivity contribution in [2.45, 2.75) is 30.2 Å². The second kappa shape index (κ2) is 6.36. The van der Waals surface area contributed by atoms with Crippen molar-refractivity contribution in [3.63, 3.8) is 0 Å². The van der Waals surface area contributed by atoms with Gasteiger partial charge >= 0.3 is 0 Å². The van der Waals surface area contributed by atoms with E-state index in [1.807, 2.05) is 4.90 Å². The Morgan fingerprint density at radius 1 is 1.14 bits per heavy atom. The lowest BCUT2D eigenvalue weighted by molar-refractivity contribution is 0.0766. The molecule has 0 atom stereocenters. The third-order valence-corrected chi connectivity index (χ3v) is 5.47. The molecule has 0 radical (unpaired) electrons. The first-order chi connectivity index (χ1) is 10.6. The highest BCUT2D eigenvalue weighted by atomic mass is 32.2. The van der Waals surface area contributed by atoms with Gasteiger partial charge in [0.25, 0.3) is 5.91 Å². The number of sulfonamides is 1. The molecule has 1 aliphatic heterocycles. The Kier molecular flexibility index (Phi) is 4.46. The fourth-order valence-electron chi connectivity index (χ4n) is 2.50. The van der Waals surface area contributed by atoms with Crippen LogP contribution >= 0.6 is 0 Å². The molecule has 1 amide bonds. The molecule has 0 spiro atoms. The Balaban J connectivity index is 1.71. The van der Waals surface area contributed by atoms with Gasteiger partial charge < -0.3 is 10.2 Å². The number of benzene rings is 1. The quantitative estimate of drug-likeness (QED) is 0.849. The van der Waals surface area contributed by atoms with Crippen molar-refractivity contribution in [1.82, 2.24) is 14.9 Å². The largest absolute Gasteiger partial charge is 0.337 e. The van der Waals surface area contributed by atoms with E-state index in [0.717, 1.165) is 38.9 Å². The first-order valence-corrected chi connectivity index (χ1v) is 9.17. The number of rotatable bonds is 4. The molecule has 1 heterocycles. The highest BCUT2D eigenvalue weighted by Gasteiger charge is 2.28. The molecule has 2 fully saturated rings. The summed E-state index contributed by atoms with van der Waals surface area (Å²) in [7, 11) is -3.46. The molecule has 1 saturated carbocycles. The van der Waals surface area contributed by atoms with Gasteiger partial charge in [0.2, 0.25) is 10.0 Å². The zero-order valence-corrected chi connectivity index (χ0v) is 13.2. The van der Waals surface area contributed by atoms with Crippen molar-refractivity contribution in [1.29, 1.82) is 0 Å². The maximum Gasteiger partial charge on any atom is 0.253 e. The van der Waals surface area contributed by atoms with Gasteiger partial charge in [-0.15, -0.1) is 0 Å². The van der Waals surface area contributed by atoms with Crippen molar-refractivity contribution in [3.8, 4) is 0 Å². The molecule has 0 aromatic heterocycles. The maximum atomic E-state index is 12.4. The second-order valence-corrected chi connectivity index (χ2v) is 7.53. The fraction of sp³-hybridized carbons (Fsp3) is 0.533. The summed E-state index contributed by atoms with van der Waals surface area (Å²) in [4.78, 5) is 14.5. The van der Waals surface area contributed by atoms with Gasteiger partial charge in [-0.2, -0.15) is 0 Å².